The third-order valence-electron chi connectivity index (χ3n) is 4.91. The van der Waals surface area contributed by atoms with E-state index in [2.05, 4.69) is 10.1 Å². The molecule has 0 saturated heterocycles. The monoisotopic (exact) mass is 425 g/mol. The normalized spacial score (nSPS) is 11.6. The van der Waals surface area contributed by atoms with Crippen molar-refractivity contribution in [1.82, 2.24) is 14.8 Å². The third-order valence-corrected chi connectivity index (χ3v) is 4.91. The van der Waals surface area contributed by atoms with E-state index in [0.29, 0.717) is 17.3 Å². The molecular formula is C23H18F3N3O2. The van der Waals surface area contributed by atoms with Crippen LogP contribution in [0.3, 0.4) is 0 Å². The van der Waals surface area contributed by atoms with Gasteiger partial charge in [0.1, 0.15) is 11.5 Å². The minimum Gasteiger partial charge on any atom is -0.507 e. The topological polar surface area (TPSA) is 71.2 Å². The van der Waals surface area contributed by atoms with Gasteiger partial charge in [-0.15, -0.1) is 5.10 Å². The quantitative estimate of drug-likeness (QED) is 0.447. The highest BCUT2D eigenvalue weighted by molar-refractivity contribution is 5.71. The Morgan fingerprint density at radius 1 is 0.871 bits per heavy atom. The van der Waals surface area contributed by atoms with Crippen molar-refractivity contribution < 1.29 is 23.4 Å². The summed E-state index contributed by atoms with van der Waals surface area (Å²) < 4.78 is 40.3. The van der Waals surface area contributed by atoms with Gasteiger partial charge in [0.15, 0.2) is 11.6 Å². The van der Waals surface area contributed by atoms with Crippen molar-refractivity contribution in [3.8, 4) is 40.0 Å². The molecule has 0 fully saturated rings. The van der Waals surface area contributed by atoms with E-state index in [9.17, 15) is 23.4 Å². The minimum atomic E-state index is -4.58. The lowest BCUT2D eigenvalue weighted by atomic mass is 10.1. The molecule has 4 rings (SSSR count). The number of hydrogen-bond donors (Lipinski definition) is 2. The summed E-state index contributed by atoms with van der Waals surface area (Å²) in [5, 5.41) is 25.0. The highest BCUT2D eigenvalue weighted by Crippen LogP contribution is 2.37. The summed E-state index contributed by atoms with van der Waals surface area (Å²) in [7, 11) is 0. The number of hydrogen-bond acceptors (Lipinski definition) is 4. The average Bonchev–Trinajstić information content (AvgIpc) is 3.18. The van der Waals surface area contributed by atoms with Gasteiger partial charge < -0.3 is 10.2 Å². The molecule has 0 radical (unpaired) electrons. The smallest absolute Gasteiger partial charge is 0.416 e. The Morgan fingerprint density at radius 3 is 2.19 bits per heavy atom. The van der Waals surface area contributed by atoms with Crippen LogP contribution in [0.2, 0.25) is 0 Å². The molecule has 0 unspecified atom stereocenters. The molecule has 1 heterocycles. The Hall–Kier alpha value is -3.81. The zero-order valence-electron chi connectivity index (χ0n) is 16.4. The van der Waals surface area contributed by atoms with Crippen LogP contribution in [0.25, 0.3) is 28.5 Å². The van der Waals surface area contributed by atoms with Gasteiger partial charge in [-0.3, -0.25) is 0 Å². The summed E-state index contributed by atoms with van der Waals surface area (Å²) >= 11 is 0. The molecule has 5 nitrogen and oxygen atoms in total. The molecule has 4 aromatic rings. The molecule has 0 atom stereocenters. The number of halogens is 3. The van der Waals surface area contributed by atoms with Crippen LogP contribution < -0.4 is 0 Å². The molecule has 31 heavy (non-hydrogen) atoms. The fourth-order valence-electron chi connectivity index (χ4n) is 3.21. The third kappa shape index (κ3) is 3.96. The number of nitrogens with zero attached hydrogens (tertiary/aromatic N) is 3. The second-order valence-electron chi connectivity index (χ2n) is 6.94. The molecular weight excluding hydrogens is 407 g/mol. The largest absolute Gasteiger partial charge is 0.507 e. The lowest BCUT2D eigenvalue weighted by Crippen LogP contribution is -2.04. The second kappa shape index (κ2) is 7.79. The first-order valence-electron chi connectivity index (χ1n) is 9.53. The molecule has 2 N–H and O–H groups in total. The summed E-state index contributed by atoms with van der Waals surface area (Å²) in [6.45, 7) is 2.03. The number of alkyl halides is 3. The summed E-state index contributed by atoms with van der Waals surface area (Å²) in [6, 6.07) is 16.7. The second-order valence-corrected chi connectivity index (χ2v) is 6.94. The predicted octanol–water partition coefficient (Wildman–Crippen LogP) is 5.59. The van der Waals surface area contributed by atoms with Crippen LogP contribution in [-0.2, 0) is 12.6 Å². The number of para-hydroxylation sites is 1. The maximum absolute atomic E-state index is 12.9. The molecule has 1 aromatic heterocycles. The Balaban J connectivity index is 1.88. The molecule has 0 aliphatic rings. The Bertz CT molecular complexity index is 1230. The molecule has 0 bridgehead atoms. The van der Waals surface area contributed by atoms with Crippen LogP contribution in [-0.4, -0.2) is 25.0 Å². The molecule has 0 aliphatic carbocycles. The molecule has 158 valence electrons. The number of phenolic OH excluding ortho intramolecular Hbond substituents is 2. The van der Waals surface area contributed by atoms with Crippen molar-refractivity contribution in [3.05, 3.63) is 77.9 Å². The van der Waals surface area contributed by atoms with Gasteiger partial charge in [-0.25, -0.2) is 9.67 Å². The van der Waals surface area contributed by atoms with Gasteiger partial charge in [0, 0.05) is 0 Å². The minimum absolute atomic E-state index is 0.0236. The summed E-state index contributed by atoms with van der Waals surface area (Å²) in [6.07, 6.45) is -3.72. The van der Waals surface area contributed by atoms with Crippen LogP contribution in [0.5, 0.6) is 11.5 Å². The van der Waals surface area contributed by atoms with E-state index in [4.69, 9.17) is 0 Å². The first kappa shape index (κ1) is 20.5. The summed E-state index contributed by atoms with van der Waals surface area (Å²) in [4.78, 5) is 4.43. The van der Waals surface area contributed by atoms with Crippen LogP contribution in [0, 0.1) is 0 Å². The molecule has 3 aromatic carbocycles. The van der Waals surface area contributed by atoms with E-state index in [0.717, 1.165) is 24.1 Å². The maximum atomic E-state index is 12.9. The van der Waals surface area contributed by atoms with Crippen molar-refractivity contribution in [1.29, 1.82) is 0 Å². The van der Waals surface area contributed by atoms with E-state index in [-0.39, 0.29) is 23.0 Å². The highest BCUT2D eigenvalue weighted by atomic mass is 19.4. The van der Waals surface area contributed by atoms with Crippen LogP contribution in [0.1, 0.15) is 18.1 Å². The van der Waals surface area contributed by atoms with Gasteiger partial charge in [-0.1, -0.05) is 31.2 Å². The van der Waals surface area contributed by atoms with Crippen LogP contribution >= 0.6 is 0 Å². The van der Waals surface area contributed by atoms with E-state index >= 15 is 0 Å². The van der Waals surface area contributed by atoms with E-state index in [1.807, 2.05) is 31.2 Å². The van der Waals surface area contributed by atoms with Crippen LogP contribution in [0.4, 0.5) is 13.2 Å². The van der Waals surface area contributed by atoms with Crippen molar-refractivity contribution in [2.75, 3.05) is 0 Å². The van der Waals surface area contributed by atoms with Crippen molar-refractivity contribution in [3.63, 3.8) is 0 Å². The molecule has 8 heteroatoms. The van der Waals surface area contributed by atoms with Gasteiger partial charge in [-0.05, 0) is 54.4 Å². The number of rotatable bonds is 4. The molecule has 0 saturated carbocycles. The Morgan fingerprint density at radius 2 is 1.58 bits per heavy atom. The fraction of sp³-hybridized carbons (Fsp3) is 0.130. The van der Waals surface area contributed by atoms with E-state index < -0.39 is 17.5 Å². The van der Waals surface area contributed by atoms with Crippen molar-refractivity contribution >= 4 is 0 Å². The SMILES string of the molecule is CCc1ccc(-n2nc(-c3ccc(C(F)(F)F)cc3O)nc2-c2ccccc2O)cc1. The van der Waals surface area contributed by atoms with Gasteiger partial charge in [0.05, 0.1) is 22.4 Å². The van der Waals surface area contributed by atoms with Gasteiger partial charge in [-0.2, -0.15) is 13.2 Å². The van der Waals surface area contributed by atoms with Gasteiger partial charge in [0.2, 0.25) is 0 Å². The first-order chi connectivity index (χ1) is 14.8. The fourth-order valence-corrected chi connectivity index (χ4v) is 3.21. The zero-order chi connectivity index (χ0) is 22.2. The number of aromatic nitrogens is 3. The summed E-state index contributed by atoms with van der Waals surface area (Å²) in [5.41, 5.74) is 1.25. The van der Waals surface area contributed by atoms with E-state index in [1.165, 1.54) is 10.7 Å². The lowest BCUT2D eigenvalue weighted by molar-refractivity contribution is -0.137. The van der Waals surface area contributed by atoms with Gasteiger partial charge >= 0.3 is 6.18 Å². The molecule has 0 spiro atoms. The number of phenols is 2. The Kier molecular flexibility index (Phi) is 5.14. The Labute approximate surface area is 176 Å². The predicted molar refractivity (Wildman–Crippen MR) is 110 cm³/mol. The number of aryl methyl sites for hydroxylation is 1. The summed E-state index contributed by atoms with van der Waals surface area (Å²) in [5.74, 6) is -0.289. The first-order valence-corrected chi connectivity index (χ1v) is 9.53. The van der Waals surface area contributed by atoms with Crippen molar-refractivity contribution in [2.24, 2.45) is 0 Å². The molecule has 0 amide bonds. The van der Waals surface area contributed by atoms with E-state index in [1.54, 1.807) is 18.2 Å². The standard InChI is InChI=1S/C23H18F3N3O2/c1-2-14-7-10-16(11-8-14)29-22(18-5-3-4-6-19(18)30)27-21(28-29)17-12-9-15(13-20(17)31)23(24,25)26/h3-13,30-31H,2H2,1H3. The molecule has 0 aliphatic heterocycles. The van der Waals surface area contributed by atoms with Crippen LogP contribution in [0.15, 0.2) is 66.7 Å². The number of benzene rings is 3. The average molecular weight is 425 g/mol. The zero-order valence-corrected chi connectivity index (χ0v) is 16.4. The lowest BCUT2D eigenvalue weighted by Gasteiger charge is -2.08. The van der Waals surface area contributed by atoms with Gasteiger partial charge in [0.25, 0.3) is 0 Å². The van der Waals surface area contributed by atoms with Crippen molar-refractivity contribution in [2.45, 2.75) is 19.5 Å². The highest BCUT2D eigenvalue weighted by Gasteiger charge is 2.31. The number of aromatic hydroxyl groups is 2. The maximum Gasteiger partial charge on any atom is 0.416 e.